The minimum atomic E-state index is -0.604. The van der Waals surface area contributed by atoms with Gasteiger partial charge in [0.05, 0.1) is 5.56 Å². The van der Waals surface area contributed by atoms with Gasteiger partial charge in [-0.15, -0.1) is 0 Å². The van der Waals surface area contributed by atoms with Crippen LogP contribution in [-0.4, -0.2) is 29.3 Å². The van der Waals surface area contributed by atoms with Crippen molar-refractivity contribution in [3.05, 3.63) is 95.3 Å². The number of ketones is 1. The molecular formula is C22H18N2O4. The van der Waals surface area contributed by atoms with Crippen LogP contribution in [0.3, 0.4) is 0 Å². The van der Waals surface area contributed by atoms with Crippen LogP contribution < -0.4 is 5.32 Å². The fraction of sp³-hybridized carbons (Fsp3) is 0.0909. The number of nitrogens with one attached hydrogen (secondary N) is 1. The standard InChI is InChI=1S/C22H18N2O4/c1-15-7-8-18(13-23-15)22(27)28-14-20(25)16-9-11-19(12-10-16)24-21(26)17-5-3-2-4-6-17/h2-13H,14H2,1H3,(H,24,26). The molecule has 1 amide bonds. The first kappa shape index (κ1) is 19.0. The SMILES string of the molecule is Cc1ccc(C(=O)OCC(=O)c2ccc(NC(=O)c3ccccc3)cc2)cn1. The molecule has 0 saturated heterocycles. The van der Waals surface area contributed by atoms with E-state index in [0.29, 0.717) is 16.8 Å². The summed E-state index contributed by atoms with van der Waals surface area (Å²) in [5.74, 6) is -1.18. The van der Waals surface area contributed by atoms with Crippen LogP contribution in [0.25, 0.3) is 0 Å². The quantitative estimate of drug-likeness (QED) is 0.525. The minimum Gasteiger partial charge on any atom is -0.454 e. The van der Waals surface area contributed by atoms with Gasteiger partial charge in [0.15, 0.2) is 12.4 Å². The summed E-state index contributed by atoms with van der Waals surface area (Å²) in [5.41, 5.74) is 2.56. The number of nitrogens with zero attached hydrogens (tertiary/aromatic N) is 1. The van der Waals surface area contributed by atoms with Crippen LogP contribution in [0, 0.1) is 6.92 Å². The van der Waals surface area contributed by atoms with Gasteiger partial charge in [-0.1, -0.05) is 18.2 Å². The van der Waals surface area contributed by atoms with Crippen LogP contribution in [0.2, 0.25) is 0 Å². The monoisotopic (exact) mass is 374 g/mol. The zero-order chi connectivity index (χ0) is 19.9. The predicted octanol–water partition coefficient (Wildman–Crippen LogP) is 3.68. The Morgan fingerprint density at radius 1 is 0.857 bits per heavy atom. The average Bonchev–Trinajstić information content (AvgIpc) is 2.73. The van der Waals surface area contributed by atoms with E-state index >= 15 is 0 Å². The Kier molecular flexibility index (Phi) is 5.91. The molecule has 0 aliphatic heterocycles. The molecule has 0 bridgehead atoms. The number of esters is 1. The largest absolute Gasteiger partial charge is 0.454 e. The van der Waals surface area contributed by atoms with Crippen molar-refractivity contribution < 1.29 is 19.1 Å². The molecule has 2 aromatic carbocycles. The van der Waals surface area contributed by atoms with Gasteiger partial charge in [0, 0.05) is 28.7 Å². The smallest absolute Gasteiger partial charge is 0.340 e. The Bertz CT molecular complexity index is 981. The lowest BCUT2D eigenvalue weighted by molar-refractivity contribution is 0.0474. The summed E-state index contributed by atoms with van der Waals surface area (Å²) in [6.07, 6.45) is 1.41. The van der Waals surface area contributed by atoms with E-state index in [1.54, 1.807) is 60.7 Å². The van der Waals surface area contributed by atoms with Crippen LogP contribution in [0.1, 0.15) is 36.8 Å². The third-order valence-corrected chi connectivity index (χ3v) is 3.98. The molecule has 0 aliphatic rings. The fourth-order valence-corrected chi connectivity index (χ4v) is 2.42. The molecule has 1 N–H and O–H groups in total. The van der Waals surface area contributed by atoms with Gasteiger partial charge in [-0.3, -0.25) is 14.6 Å². The molecule has 0 aliphatic carbocycles. The van der Waals surface area contributed by atoms with E-state index in [1.165, 1.54) is 6.20 Å². The van der Waals surface area contributed by atoms with Crippen LogP contribution in [-0.2, 0) is 4.74 Å². The number of hydrogen-bond donors (Lipinski definition) is 1. The average molecular weight is 374 g/mol. The third kappa shape index (κ3) is 4.88. The van der Waals surface area contributed by atoms with Crippen molar-refractivity contribution in [2.24, 2.45) is 0 Å². The number of aromatic nitrogens is 1. The number of benzene rings is 2. The molecule has 0 fully saturated rings. The molecule has 6 nitrogen and oxygen atoms in total. The minimum absolute atomic E-state index is 0.236. The maximum Gasteiger partial charge on any atom is 0.340 e. The van der Waals surface area contributed by atoms with Gasteiger partial charge in [0.2, 0.25) is 0 Å². The number of pyridine rings is 1. The molecular weight excluding hydrogens is 356 g/mol. The number of rotatable bonds is 6. The van der Waals surface area contributed by atoms with Gasteiger partial charge in [-0.05, 0) is 55.5 Å². The van der Waals surface area contributed by atoms with Gasteiger partial charge in [-0.2, -0.15) is 0 Å². The fourth-order valence-electron chi connectivity index (χ4n) is 2.42. The highest BCUT2D eigenvalue weighted by Crippen LogP contribution is 2.12. The number of aryl methyl sites for hydroxylation is 1. The van der Waals surface area contributed by atoms with E-state index in [2.05, 4.69) is 10.3 Å². The zero-order valence-electron chi connectivity index (χ0n) is 15.2. The van der Waals surface area contributed by atoms with E-state index in [1.807, 2.05) is 13.0 Å². The summed E-state index contributed by atoms with van der Waals surface area (Å²) in [6.45, 7) is 1.44. The summed E-state index contributed by atoms with van der Waals surface area (Å²) < 4.78 is 5.04. The lowest BCUT2D eigenvalue weighted by atomic mass is 10.1. The lowest BCUT2D eigenvalue weighted by Gasteiger charge is -2.07. The zero-order valence-corrected chi connectivity index (χ0v) is 15.2. The normalized spacial score (nSPS) is 10.2. The Balaban J connectivity index is 1.55. The number of Topliss-reactive ketones (excluding diaryl/α,β-unsaturated/α-hetero) is 1. The molecule has 0 saturated carbocycles. The van der Waals surface area contributed by atoms with Crippen LogP contribution >= 0.6 is 0 Å². The van der Waals surface area contributed by atoms with Gasteiger partial charge in [0.1, 0.15) is 0 Å². The van der Waals surface area contributed by atoms with E-state index in [9.17, 15) is 14.4 Å². The molecule has 3 rings (SSSR count). The number of anilines is 1. The predicted molar refractivity (Wildman–Crippen MR) is 104 cm³/mol. The highest BCUT2D eigenvalue weighted by Gasteiger charge is 2.12. The molecule has 1 heterocycles. The summed E-state index contributed by atoms with van der Waals surface area (Å²) in [7, 11) is 0. The molecule has 0 radical (unpaired) electrons. The lowest BCUT2D eigenvalue weighted by Crippen LogP contribution is -2.15. The second kappa shape index (κ2) is 8.73. The summed E-state index contributed by atoms with van der Waals surface area (Å²) >= 11 is 0. The second-order valence-electron chi connectivity index (χ2n) is 6.09. The molecule has 6 heteroatoms. The number of carbonyl (C=O) groups excluding carboxylic acids is 3. The van der Waals surface area contributed by atoms with Gasteiger partial charge >= 0.3 is 5.97 Å². The van der Waals surface area contributed by atoms with E-state index < -0.39 is 5.97 Å². The first-order valence-corrected chi connectivity index (χ1v) is 8.62. The van der Waals surface area contributed by atoms with Crippen LogP contribution in [0.15, 0.2) is 72.9 Å². The molecule has 0 atom stereocenters. The van der Waals surface area contributed by atoms with Crippen LogP contribution in [0.5, 0.6) is 0 Å². The Hall–Kier alpha value is -3.80. The summed E-state index contributed by atoms with van der Waals surface area (Å²) in [6, 6.07) is 18.5. The molecule has 140 valence electrons. The van der Waals surface area contributed by atoms with Crippen molar-refractivity contribution in [2.75, 3.05) is 11.9 Å². The Morgan fingerprint density at radius 2 is 1.54 bits per heavy atom. The highest BCUT2D eigenvalue weighted by molar-refractivity contribution is 6.04. The summed E-state index contributed by atoms with van der Waals surface area (Å²) in [4.78, 5) is 40.3. The number of carbonyl (C=O) groups is 3. The first-order valence-electron chi connectivity index (χ1n) is 8.62. The molecule has 1 aromatic heterocycles. The highest BCUT2D eigenvalue weighted by atomic mass is 16.5. The first-order chi connectivity index (χ1) is 13.5. The van der Waals surface area contributed by atoms with Crippen molar-refractivity contribution in [2.45, 2.75) is 6.92 Å². The maximum atomic E-state index is 12.2. The topological polar surface area (TPSA) is 85.4 Å². The Morgan fingerprint density at radius 3 is 2.18 bits per heavy atom. The van der Waals surface area contributed by atoms with Crippen molar-refractivity contribution in [3.8, 4) is 0 Å². The summed E-state index contributed by atoms with van der Waals surface area (Å²) in [5, 5.41) is 2.76. The van der Waals surface area contributed by atoms with Gasteiger partial charge in [-0.25, -0.2) is 4.79 Å². The van der Waals surface area contributed by atoms with Gasteiger partial charge in [0.25, 0.3) is 5.91 Å². The molecule has 0 unspecified atom stereocenters. The van der Waals surface area contributed by atoms with Crippen molar-refractivity contribution >= 4 is 23.3 Å². The molecule has 28 heavy (non-hydrogen) atoms. The number of hydrogen-bond acceptors (Lipinski definition) is 5. The van der Waals surface area contributed by atoms with Gasteiger partial charge < -0.3 is 10.1 Å². The van der Waals surface area contributed by atoms with Crippen LogP contribution in [0.4, 0.5) is 5.69 Å². The van der Waals surface area contributed by atoms with E-state index in [0.717, 1.165) is 5.69 Å². The number of ether oxygens (including phenoxy) is 1. The van der Waals surface area contributed by atoms with Crippen molar-refractivity contribution in [3.63, 3.8) is 0 Å². The van der Waals surface area contributed by atoms with Crippen molar-refractivity contribution in [1.29, 1.82) is 0 Å². The maximum absolute atomic E-state index is 12.2. The van der Waals surface area contributed by atoms with Crippen molar-refractivity contribution in [1.82, 2.24) is 4.98 Å². The Labute approximate surface area is 162 Å². The van der Waals surface area contributed by atoms with E-state index in [4.69, 9.17) is 4.74 Å². The molecule has 0 spiro atoms. The molecule has 3 aromatic rings. The number of amides is 1. The third-order valence-electron chi connectivity index (χ3n) is 3.98. The second-order valence-corrected chi connectivity index (χ2v) is 6.09. The van der Waals surface area contributed by atoms with E-state index in [-0.39, 0.29) is 23.9 Å².